The summed E-state index contributed by atoms with van der Waals surface area (Å²) in [6.45, 7) is 1.54. The molecule has 0 N–H and O–H groups in total. The van der Waals surface area contributed by atoms with Crippen molar-refractivity contribution in [1.82, 2.24) is 14.5 Å². The minimum Gasteiger partial charge on any atom is -0.473 e. The highest BCUT2D eigenvalue weighted by molar-refractivity contribution is 5.54. The minimum absolute atomic E-state index is 0.0420. The van der Waals surface area contributed by atoms with E-state index in [1.165, 1.54) is 24.3 Å². The highest BCUT2D eigenvalue weighted by atomic mass is 19.4. The molecule has 7 rings (SSSR count). The Morgan fingerprint density at radius 3 is 2.71 bits per heavy atom. The van der Waals surface area contributed by atoms with E-state index >= 15 is 0 Å². The zero-order valence-corrected chi connectivity index (χ0v) is 18.1. The van der Waals surface area contributed by atoms with Crippen LogP contribution in [0.5, 0.6) is 23.3 Å². The Kier molecular flexibility index (Phi) is 4.70. The van der Waals surface area contributed by atoms with E-state index < -0.39 is 18.1 Å². The lowest BCUT2D eigenvalue weighted by Crippen LogP contribution is -2.44. The van der Waals surface area contributed by atoms with Crippen molar-refractivity contribution >= 4 is 5.82 Å². The molecule has 0 atom stereocenters. The molecule has 3 aromatic rings. The first-order valence-corrected chi connectivity index (χ1v) is 10.9. The summed E-state index contributed by atoms with van der Waals surface area (Å²) in [6, 6.07) is 7.95. The van der Waals surface area contributed by atoms with Crippen molar-refractivity contribution in [1.29, 1.82) is 0 Å². The third kappa shape index (κ3) is 3.92. The molecule has 35 heavy (non-hydrogen) atoms. The maximum atomic E-state index is 14.6. The van der Waals surface area contributed by atoms with E-state index in [1.54, 1.807) is 10.6 Å². The highest BCUT2D eigenvalue weighted by Gasteiger charge is 2.60. The van der Waals surface area contributed by atoms with E-state index in [2.05, 4.69) is 19.6 Å². The molecule has 5 heterocycles. The average molecular weight is 490 g/mol. The Hall–Kier alpha value is -3.83. The smallest absolute Gasteiger partial charge is 0.473 e. The molecule has 1 saturated carbocycles. The number of benzene rings is 1. The summed E-state index contributed by atoms with van der Waals surface area (Å²) in [4.78, 5) is 22.2. The van der Waals surface area contributed by atoms with Crippen molar-refractivity contribution in [3.8, 4) is 23.3 Å². The van der Waals surface area contributed by atoms with Crippen LogP contribution in [-0.4, -0.2) is 33.0 Å². The summed E-state index contributed by atoms with van der Waals surface area (Å²) in [7, 11) is 0. The highest BCUT2D eigenvalue weighted by Crippen LogP contribution is 2.56. The Labute approximate surface area is 195 Å². The van der Waals surface area contributed by atoms with E-state index in [0.29, 0.717) is 18.0 Å². The monoisotopic (exact) mass is 490 g/mol. The molecule has 3 aliphatic heterocycles. The number of halogens is 4. The molecular formula is C23H18F4N4O4. The van der Waals surface area contributed by atoms with Crippen LogP contribution >= 0.6 is 0 Å². The van der Waals surface area contributed by atoms with Crippen LogP contribution in [0.15, 0.2) is 47.4 Å². The number of ether oxygens (including phenoxy) is 3. The molecule has 1 aliphatic carbocycles. The van der Waals surface area contributed by atoms with Gasteiger partial charge in [-0.05, 0) is 42.5 Å². The average Bonchev–Trinajstić information content (AvgIpc) is 3.39. The normalized spacial score (nSPS) is 21.8. The fourth-order valence-corrected chi connectivity index (χ4v) is 5.21. The van der Waals surface area contributed by atoms with Crippen LogP contribution in [0.25, 0.3) is 0 Å². The molecule has 4 aliphatic rings. The fourth-order valence-electron chi connectivity index (χ4n) is 5.21. The molecular weight excluding hydrogens is 472 g/mol. The second kappa shape index (κ2) is 7.59. The first-order valence-electron chi connectivity index (χ1n) is 10.9. The molecule has 8 nitrogen and oxygen atoms in total. The second-order valence-electron chi connectivity index (χ2n) is 8.96. The first kappa shape index (κ1) is 21.7. The van der Waals surface area contributed by atoms with Crippen molar-refractivity contribution < 1.29 is 31.8 Å². The predicted molar refractivity (Wildman–Crippen MR) is 113 cm³/mol. The number of hydrogen-bond acceptors (Lipinski definition) is 7. The zero-order valence-electron chi connectivity index (χ0n) is 18.1. The second-order valence-corrected chi connectivity index (χ2v) is 8.96. The molecule has 0 unspecified atom stereocenters. The molecule has 2 bridgehead atoms. The van der Waals surface area contributed by atoms with Gasteiger partial charge in [0.2, 0.25) is 11.8 Å². The van der Waals surface area contributed by atoms with Crippen LogP contribution < -0.4 is 24.8 Å². The first-order chi connectivity index (χ1) is 16.7. The molecule has 0 amide bonds. The number of rotatable bonds is 6. The number of alkyl halides is 3. The van der Waals surface area contributed by atoms with Crippen LogP contribution in [0.4, 0.5) is 23.4 Å². The molecule has 3 fully saturated rings. The number of hydrogen-bond donors (Lipinski definition) is 0. The SMILES string of the molecule is O=c1nc(OCc2ccc(Oc3ccnc(OC(F)(F)F)c3)c(F)c2)cc2n1CC13CC(CN21)C3. The Morgan fingerprint density at radius 1 is 1.11 bits per heavy atom. The summed E-state index contributed by atoms with van der Waals surface area (Å²) in [5.74, 6) is -0.112. The minimum atomic E-state index is -4.91. The molecule has 1 spiro atoms. The number of anilines is 1. The summed E-state index contributed by atoms with van der Waals surface area (Å²) in [5.41, 5.74) is 0.128. The summed E-state index contributed by atoms with van der Waals surface area (Å²) < 4.78 is 68.1. The summed E-state index contributed by atoms with van der Waals surface area (Å²) >= 11 is 0. The molecule has 12 heteroatoms. The molecule has 1 aromatic carbocycles. The predicted octanol–water partition coefficient (Wildman–Crippen LogP) is 4.03. The van der Waals surface area contributed by atoms with Gasteiger partial charge in [-0.25, -0.2) is 14.2 Å². The van der Waals surface area contributed by atoms with Gasteiger partial charge >= 0.3 is 12.1 Å². The molecule has 0 radical (unpaired) electrons. The van der Waals surface area contributed by atoms with Crippen LogP contribution in [0, 0.1) is 11.7 Å². The summed E-state index contributed by atoms with van der Waals surface area (Å²) in [6.07, 6.45) is -1.67. The van der Waals surface area contributed by atoms with Gasteiger partial charge < -0.3 is 19.1 Å². The van der Waals surface area contributed by atoms with Crippen molar-refractivity contribution in [3.05, 3.63) is 64.5 Å². The number of fused-ring (bicyclic) bond motifs is 1. The Morgan fingerprint density at radius 2 is 1.94 bits per heavy atom. The standard InChI is InChI=1S/C23H18F4N4O4/c24-16-5-13(1-2-17(16)34-15-3-4-28-18(6-15)35-23(25,26)27)11-33-19-7-20-30(21(32)29-19)12-22-8-14(9-22)10-31(20)22/h1-7,14H,8-12H2. The Balaban J connectivity index is 1.13. The van der Waals surface area contributed by atoms with Gasteiger partial charge in [0.25, 0.3) is 0 Å². The number of nitrogens with zero attached hydrogens (tertiary/aromatic N) is 4. The van der Waals surface area contributed by atoms with E-state index in [-0.39, 0.29) is 35.2 Å². The third-order valence-corrected chi connectivity index (χ3v) is 6.58. The van der Waals surface area contributed by atoms with Crippen LogP contribution in [0.3, 0.4) is 0 Å². The van der Waals surface area contributed by atoms with E-state index in [1.807, 2.05) is 0 Å². The van der Waals surface area contributed by atoms with Gasteiger partial charge in [0.05, 0.1) is 12.1 Å². The number of pyridine rings is 1. The quantitative estimate of drug-likeness (QED) is 0.483. The summed E-state index contributed by atoms with van der Waals surface area (Å²) in [5, 5.41) is 0. The van der Waals surface area contributed by atoms with Gasteiger partial charge in [0, 0.05) is 24.9 Å². The largest absolute Gasteiger partial charge is 0.574 e. The van der Waals surface area contributed by atoms with Crippen molar-refractivity contribution in [2.45, 2.75) is 37.9 Å². The number of aromatic nitrogens is 3. The lowest BCUT2D eigenvalue weighted by atomic mass is 9.74. The van der Waals surface area contributed by atoms with E-state index in [0.717, 1.165) is 37.5 Å². The lowest BCUT2D eigenvalue weighted by Gasteiger charge is -2.37. The molecule has 2 aromatic heterocycles. The van der Waals surface area contributed by atoms with Crippen molar-refractivity contribution in [2.75, 3.05) is 11.4 Å². The van der Waals surface area contributed by atoms with Crippen LogP contribution in [-0.2, 0) is 13.2 Å². The maximum Gasteiger partial charge on any atom is 0.574 e. The lowest BCUT2D eigenvalue weighted by molar-refractivity contribution is -0.276. The van der Waals surface area contributed by atoms with Gasteiger partial charge in [0.15, 0.2) is 11.6 Å². The molecule has 2 saturated heterocycles. The Bertz CT molecular complexity index is 1370. The van der Waals surface area contributed by atoms with Crippen molar-refractivity contribution in [3.63, 3.8) is 0 Å². The molecule has 182 valence electrons. The van der Waals surface area contributed by atoms with Gasteiger partial charge in [-0.15, -0.1) is 13.2 Å². The zero-order chi connectivity index (χ0) is 24.4. The van der Waals surface area contributed by atoms with Gasteiger partial charge in [-0.3, -0.25) is 4.57 Å². The fraction of sp³-hybridized carbons (Fsp3) is 0.348. The van der Waals surface area contributed by atoms with E-state index in [4.69, 9.17) is 9.47 Å². The van der Waals surface area contributed by atoms with Gasteiger partial charge in [-0.1, -0.05) is 6.07 Å². The third-order valence-electron chi connectivity index (χ3n) is 6.58. The van der Waals surface area contributed by atoms with E-state index in [9.17, 15) is 22.4 Å². The van der Waals surface area contributed by atoms with Crippen LogP contribution in [0.2, 0.25) is 0 Å². The van der Waals surface area contributed by atoms with Gasteiger partial charge in [-0.2, -0.15) is 4.98 Å². The van der Waals surface area contributed by atoms with Crippen LogP contribution in [0.1, 0.15) is 18.4 Å². The van der Waals surface area contributed by atoms with Crippen molar-refractivity contribution in [2.24, 2.45) is 5.92 Å². The maximum absolute atomic E-state index is 14.6. The topological polar surface area (TPSA) is 78.7 Å². The van der Waals surface area contributed by atoms with Gasteiger partial charge in [0.1, 0.15) is 18.2 Å².